The number of nitrogens with zero attached hydrogens (tertiary/aromatic N) is 2. The van der Waals surface area contributed by atoms with Gasteiger partial charge in [-0.2, -0.15) is 4.98 Å². The fourth-order valence-corrected chi connectivity index (χ4v) is 3.38. The first-order chi connectivity index (χ1) is 12.9. The molecule has 1 saturated carbocycles. The van der Waals surface area contributed by atoms with E-state index in [0.29, 0.717) is 22.5 Å². The van der Waals surface area contributed by atoms with Crippen molar-refractivity contribution in [2.45, 2.75) is 45.2 Å². The average Bonchev–Trinajstić information content (AvgIpc) is 3.07. The molecule has 0 radical (unpaired) electrons. The zero-order chi connectivity index (χ0) is 19.4. The second kappa shape index (κ2) is 8.43. The summed E-state index contributed by atoms with van der Waals surface area (Å²) in [5.74, 6) is 0.934. The molecule has 27 heavy (non-hydrogen) atoms. The number of benzene rings is 1. The first-order valence-corrected chi connectivity index (χ1v) is 9.52. The molecule has 2 atom stereocenters. The predicted molar refractivity (Wildman–Crippen MR) is 109 cm³/mol. The Morgan fingerprint density at radius 1 is 1.26 bits per heavy atom. The molecular formula is C19H25ClN6O. The predicted octanol–water partition coefficient (Wildman–Crippen LogP) is 3.56. The molecule has 0 bridgehead atoms. The van der Waals surface area contributed by atoms with Crippen LogP contribution in [0.3, 0.4) is 0 Å². The van der Waals surface area contributed by atoms with E-state index < -0.39 is 0 Å². The van der Waals surface area contributed by atoms with Crippen LogP contribution in [0.1, 0.15) is 33.1 Å². The number of halogens is 1. The van der Waals surface area contributed by atoms with E-state index in [1.807, 2.05) is 26.0 Å². The monoisotopic (exact) mass is 388 g/mol. The Bertz CT molecular complexity index is 795. The molecule has 0 spiro atoms. The Kier molecular flexibility index (Phi) is 6.01. The molecule has 0 saturated heterocycles. The lowest BCUT2D eigenvalue weighted by molar-refractivity contribution is -0.125. The number of anilines is 4. The van der Waals surface area contributed by atoms with Crippen molar-refractivity contribution in [3.63, 3.8) is 0 Å². The number of nitrogens with one attached hydrogen (secondary N) is 3. The normalized spacial score (nSPS) is 19.1. The molecule has 144 valence electrons. The molecule has 1 heterocycles. The largest absolute Gasteiger partial charge is 0.399 e. The first kappa shape index (κ1) is 19.2. The lowest BCUT2D eigenvalue weighted by Crippen LogP contribution is -2.41. The van der Waals surface area contributed by atoms with Crippen molar-refractivity contribution in [1.29, 1.82) is 0 Å². The summed E-state index contributed by atoms with van der Waals surface area (Å²) < 4.78 is 0. The van der Waals surface area contributed by atoms with E-state index in [-0.39, 0.29) is 23.9 Å². The second-order valence-electron chi connectivity index (χ2n) is 7.09. The molecule has 7 nitrogen and oxygen atoms in total. The van der Waals surface area contributed by atoms with Crippen molar-refractivity contribution in [2.24, 2.45) is 5.92 Å². The number of nitrogen functional groups attached to an aromatic ring is 1. The molecule has 3 rings (SSSR count). The van der Waals surface area contributed by atoms with Crippen molar-refractivity contribution >= 4 is 40.6 Å². The third-order valence-electron chi connectivity index (χ3n) is 4.52. The molecule has 1 aromatic carbocycles. The van der Waals surface area contributed by atoms with Crippen LogP contribution >= 0.6 is 11.6 Å². The van der Waals surface area contributed by atoms with Crippen LogP contribution in [0.5, 0.6) is 0 Å². The molecule has 1 fully saturated rings. The van der Waals surface area contributed by atoms with Gasteiger partial charge >= 0.3 is 0 Å². The third kappa shape index (κ3) is 5.01. The van der Waals surface area contributed by atoms with Crippen LogP contribution in [0, 0.1) is 5.92 Å². The van der Waals surface area contributed by atoms with E-state index in [1.54, 1.807) is 18.3 Å². The summed E-state index contributed by atoms with van der Waals surface area (Å²) >= 11 is 6.28. The van der Waals surface area contributed by atoms with Gasteiger partial charge in [0.2, 0.25) is 11.9 Å². The van der Waals surface area contributed by atoms with Crippen LogP contribution in [0.4, 0.5) is 23.1 Å². The van der Waals surface area contributed by atoms with Gasteiger partial charge in [0, 0.05) is 23.5 Å². The molecule has 2 aromatic rings. The summed E-state index contributed by atoms with van der Waals surface area (Å²) in [6.07, 6.45) is 4.30. The highest BCUT2D eigenvalue weighted by Crippen LogP contribution is 2.31. The molecule has 0 aliphatic heterocycles. The molecule has 0 unspecified atom stereocenters. The molecule has 8 heteroatoms. The van der Waals surface area contributed by atoms with Crippen LogP contribution in [-0.4, -0.2) is 28.0 Å². The zero-order valence-electron chi connectivity index (χ0n) is 15.5. The van der Waals surface area contributed by atoms with Gasteiger partial charge < -0.3 is 21.7 Å². The van der Waals surface area contributed by atoms with Crippen LogP contribution in [0.2, 0.25) is 5.02 Å². The van der Waals surface area contributed by atoms with E-state index in [2.05, 4.69) is 25.9 Å². The van der Waals surface area contributed by atoms with Gasteiger partial charge in [-0.15, -0.1) is 0 Å². The van der Waals surface area contributed by atoms with Crippen molar-refractivity contribution in [1.82, 2.24) is 15.3 Å². The summed E-state index contributed by atoms with van der Waals surface area (Å²) in [4.78, 5) is 21.1. The lowest BCUT2D eigenvalue weighted by atomic mass is 10.0. The number of rotatable bonds is 6. The number of hydrogen-bond donors (Lipinski definition) is 4. The molecule has 1 aliphatic rings. The molecular weight excluding hydrogens is 364 g/mol. The zero-order valence-corrected chi connectivity index (χ0v) is 16.3. The summed E-state index contributed by atoms with van der Waals surface area (Å²) in [7, 11) is 0. The van der Waals surface area contributed by atoms with E-state index in [4.69, 9.17) is 17.3 Å². The molecule has 1 aromatic heterocycles. The average molecular weight is 389 g/mol. The van der Waals surface area contributed by atoms with Gasteiger partial charge in [-0.25, -0.2) is 4.98 Å². The van der Waals surface area contributed by atoms with Crippen molar-refractivity contribution in [2.75, 3.05) is 16.4 Å². The fraction of sp³-hybridized carbons (Fsp3) is 0.421. The van der Waals surface area contributed by atoms with Crippen LogP contribution in [0.25, 0.3) is 0 Å². The van der Waals surface area contributed by atoms with Gasteiger partial charge in [0.15, 0.2) is 5.82 Å². The lowest BCUT2D eigenvalue weighted by Gasteiger charge is -2.22. The van der Waals surface area contributed by atoms with E-state index >= 15 is 0 Å². The highest BCUT2D eigenvalue weighted by molar-refractivity contribution is 6.32. The topological polar surface area (TPSA) is 105 Å². The van der Waals surface area contributed by atoms with Crippen molar-refractivity contribution < 1.29 is 4.79 Å². The summed E-state index contributed by atoms with van der Waals surface area (Å²) in [6, 6.07) is 7.42. The van der Waals surface area contributed by atoms with Gasteiger partial charge in [0.25, 0.3) is 0 Å². The van der Waals surface area contributed by atoms with E-state index in [9.17, 15) is 4.79 Å². The van der Waals surface area contributed by atoms with E-state index in [0.717, 1.165) is 24.9 Å². The smallest absolute Gasteiger partial charge is 0.229 e. The first-order valence-electron chi connectivity index (χ1n) is 9.14. The minimum atomic E-state index is -0.0908. The minimum Gasteiger partial charge on any atom is -0.399 e. The quantitative estimate of drug-likeness (QED) is 0.564. The maximum atomic E-state index is 12.4. The maximum Gasteiger partial charge on any atom is 0.229 e. The van der Waals surface area contributed by atoms with Gasteiger partial charge in [-0.05, 0) is 51.0 Å². The summed E-state index contributed by atoms with van der Waals surface area (Å²) in [5, 5.41) is 9.89. The number of nitrogens with two attached hydrogens (primary N) is 1. The highest BCUT2D eigenvalue weighted by Gasteiger charge is 2.33. The number of aromatic nitrogens is 2. The Morgan fingerprint density at radius 2 is 2.00 bits per heavy atom. The molecule has 1 amide bonds. The van der Waals surface area contributed by atoms with Gasteiger partial charge in [0.05, 0.1) is 12.1 Å². The van der Waals surface area contributed by atoms with Crippen molar-refractivity contribution in [3.8, 4) is 0 Å². The SMILES string of the molecule is CC(C)NC(=O)[C@H]1CCC[C@H]1Nc1nc(Nc2ccc(N)cc2)ncc1Cl. The van der Waals surface area contributed by atoms with Gasteiger partial charge in [0.1, 0.15) is 5.02 Å². The van der Waals surface area contributed by atoms with Crippen molar-refractivity contribution in [3.05, 3.63) is 35.5 Å². The highest BCUT2D eigenvalue weighted by atomic mass is 35.5. The number of hydrogen-bond acceptors (Lipinski definition) is 6. The number of amides is 1. The molecule has 5 N–H and O–H groups in total. The number of carbonyl (C=O) groups excluding carboxylic acids is 1. The number of carbonyl (C=O) groups is 1. The van der Waals surface area contributed by atoms with Gasteiger partial charge in [-0.1, -0.05) is 18.0 Å². The minimum absolute atomic E-state index is 0.000485. The van der Waals surface area contributed by atoms with Crippen LogP contribution < -0.4 is 21.7 Å². The van der Waals surface area contributed by atoms with Crippen LogP contribution in [-0.2, 0) is 4.79 Å². The Labute approximate surface area is 164 Å². The van der Waals surface area contributed by atoms with Gasteiger partial charge in [-0.3, -0.25) is 4.79 Å². The standard InChI is InChI=1S/C19H25ClN6O/c1-11(2)23-18(27)14-4-3-5-16(14)25-17-15(20)10-22-19(26-17)24-13-8-6-12(21)7-9-13/h6-11,14,16H,3-5,21H2,1-2H3,(H,23,27)(H2,22,24,25,26)/t14-,16+/m0/s1. The fourth-order valence-electron chi connectivity index (χ4n) is 3.24. The van der Waals surface area contributed by atoms with Crippen LogP contribution in [0.15, 0.2) is 30.5 Å². The Balaban J connectivity index is 1.72. The summed E-state index contributed by atoms with van der Waals surface area (Å²) in [5.41, 5.74) is 7.22. The second-order valence-corrected chi connectivity index (χ2v) is 7.50. The summed E-state index contributed by atoms with van der Waals surface area (Å²) in [6.45, 7) is 3.93. The Morgan fingerprint density at radius 3 is 2.70 bits per heavy atom. The van der Waals surface area contributed by atoms with E-state index in [1.165, 1.54) is 0 Å². The Hall–Kier alpha value is -2.54. The molecule has 1 aliphatic carbocycles. The maximum absolute atomic E-state index is 12.4. The third-order valence-corrected chi connectivity index (χ3v) is 4.79.